The molecule has 0 aliphatic carbocycles. The number of hydrogen-bond acceptors (Lipinski definition) is 4. The third-order valence-corrected chi connectivity index (χ3v) is 5.88. The molecule has 0 unspecified atom stereocenters. The zero-order valence-electron chi connectivity index (χ0n) is 16.6. The number of nitrogens with zero attached hydrogens (tertiary/aromatic N) is 3. The minimum Gasteiger partial charge on any atom is -0.368 e. The fraction of sp³-hybridized carbons (Fsp3) is 0.304. The van der Waals surface area contributed by atoms with Gasteiger partial charge in [0, 0.05) is 31.9 Å². The van der Waals surface area contributed by atoms with E-state index in [-0.39, 0.29) is 10.9 Å². The van der Waals surface area contributed by atoms with Gasteiger partial charge in [-0.15, -0.1) is 0 Å². The Morgan fingerprint density at radius 2 is 1.34 bits per heavy atom. The number of rotatable bonds is 4. The number of hydrogen-bond donors (Lipinski definition) is 0. The standard InChI is InChI=1S/C23H24ClN3O2/c1-16(2)17-8-10-19(11-9-17)27-22(28)20(24)21(23(27)29)26-14-12-25(13-15-26)18-6-4-3-5-7-18/h3-11,16H,12-15H2,1-2H3. The molecule has 2 amide bonds. The van der Waals surface area contributed by atoms with Crippen LogP contribution in [0.4, 0.5) is 11.4 Å². The maximum Gasteiger partial charge on any atom is 0.283 e. The summed E-state index contributed by atoms with van der Waals surface area (Å²) in [7, 11) is 0. The summed E-state index contributed by atoms with van der Waals surface area (Å²) < 4.78 is 0. The largest absolute Gasteiger partial charge is 0.368 e. The number of para-hydroxylation sites is 1. The van der Waals surface area contributed by atoms with Crippen LogP contribution in [0.15, 0.2) is 65.3 Å². The lowest BCUT2D eigenvalue weighted by molar-refractivity contribution is -0.121. The van der Waals surface area contributed by atoms with Gasteiger partial charge in [-0.2, -0.15) is 0 Å². The number of piperazine rings is 1. The molecule has 2 aliphatic heterocycles. The molecule has 0 spiro atoms. The van der Waals surface area contributed by atoms with Crippen LogP contribution in [-0.4, -0.2) is 42.9 Å². The number of halogens is 1. The van der Waals surface area contributed by atoms with Gasteiger partial charge in [0.05, 0.1) is 5.69 Å². The molecular weight excluding hydrogens is 386 g/mol. The second-order valence-corrected chi connectivity index (χ2v) is 8.04. The number of anilines is 2. The third kappa shape index (κ3) is 3.62. The topological polar surface area (TPSA) is 43.9 Å². The molecule has 2 aromatic carbocycles. The summed E-state index contributed by atoms with van der Waals surface area (Å²) >= 11 is 6.35. The second kappa shape index (κ2) is 7.91. The molecule has 0 aromatic heterocycles. The monoisotopic (exact) mass is 409 g/mol. The van der Waals surface area contributed by atoms with Crippen molar-refractivity contribution in [3.63, 3.8) is 0 Å². The molecule has 0 N–H and O–H groups in total. The zero-order chi connectivity index (χ0) is 20.5. The number of imide groups is 1. The minimum atomic E-state index is -0.450. The van der Waals surface area contributed by atoms with Crippen LogP contribution in [0.25, 0.3) is 0 Å². The summed E-state index contributed by atoms with van der Waals surface area (Å²) in [6.45, 7) is 7.02. The van der Waals surface area contributed by atoms with Crippen LogP contribution in [0.1, 0.15) is 25.3 Å². The Kier molecular flexibility index (Phi) is 5.33. The van der Waals surface area contributed by atoms with Gasteiger partial charge in [-0.25, -0.2) is 4.90 Å². The molecular formula is C23H24ClN3O2. The van der Waals surface area contributed by atoms with Crippen LogP contribution < -0.4 is 9.80 Å². The zero-order valence-corrected chi connectivity index (χ0v) is 17.4. The summed E-state index contributed by atoms with van der Waals surface area (Å²) in [4.78, 5) is 31.2. The predicted octanol–water partition coefficient (Wildman–Crippen LogP) is 3.96. The van der Waals surface area contributed by atoms with Crippen LogP contribution in [0.3, 0.4) is 0 Å². The van der Waals surface area contributed by atoms with E-state index in [9.17, 15) is 9.59 Å². The van der Waals surface area contributed by atoms with Crippen LogP contribution in [-0.2, 0) is 9.59 Å². The summed E-state index contributed by atoms with van der Waals surface area (Å²) in [6, 6.07) is 17.7. The SMILES string of the molecule is CC(C)c1ccc(N2C(=O)C(Cl)=C(N3CCN(c4ccccc4)CC3)C2=O)cc1. The Morgan fingerprint density at radius 3 is 1.93 bits per heavy atom. The lowest BCUT2D eigenvalue weighted by Crippen LogP contribution is -2.47. The van der Waals surface area contributed by atoms with Crippen molar-refractivity contribution in [3.05, 3.63) is 70.9 Å². The molecule has 1 saturated heterocycles. The van der Waals surface area contributed by atoms with Gasteiger partial charge in [-0.3, -0.25) is 9.59 Å². The van der Waals surface area contributed by atoms with E-state index in [0.29, 0.717) is 30.4 Å². The quantitative estimate of drug-likeness (QED) is 0.717. The molecule has 29 heavy (non-hydrogen) atoms. The number of carbonyl (C=O) groups is 2. The van der Waals surface area contributed by atoms with Crippen molar-refractivity contribution in [2.45, 2.75) is 19.8 Å². The molecule has 0 atom stereocenters. The van der Waals surface area contributed by atoms with Gasteiger partial charge in [-0.1, -0.05) is 55.8 Å². The average molecular weight is 410 g/mol. The van der Waals surface area contributed by atoms with E-state index in [2.05, 4.69) is 30.9 Å². The first-order valence-electron chi connectivity index (χ1n) is 9.91. The van der Waals surface area contributed by atoms with Crippen molar-refractivity contribution in [2.24, 2.45) is 0 Å². The van der Waals surface area contributed by atoms with E-state index < -0.39 is 5.91 Å². The molecule has 5 nitrogen and oxygen atoms in total. The van der Waals surface area contributed by atoms with Crippen molar-refractivity contribution in [3.8, 4) is 0 Å². The predicted molar refractivity (Wildman–Crippen MR) is 116 cm³/mol. The first kappa shape index (κ1) is 19.5. The van der Waals surface area contributed by atoms with E-state index in [0.717, 1.165) is 24.3 Å². The molecule has 150 valence electrons. The summed E-state index contributed by atoms with van der Waals surface area (Å²) in [6.07, 6.45) is 0. The van der Waals surface area contributed by atoms with Gasteiger partial charge >= 0.3 is 0 Å². The van der Waals surface area contributed by atoms with Gasteiger partial charge < -0.3 is 9.80 Å². The molecule has 1 fully saturated rings. The maximum absolute atomic E-state index is 13.1. The second-order valence-electron chi connectivity index (χ2n) is 7.66. The highest BCUT2D eigenvalue weighted by Crippen LogP contribution is 2.32. The Labute approximate surface area is 176 Å². The minimum absolute atomic E-state index is 0.0103. The maximum atomic E-state index is 13.1. The first-order chi connectivity index (χ1) is 14.0. The highest BCUT2D eigenvalue weighted by molar-refractivity contribution is 6.52. The van der Waals surface area contributed by atoms with Crippen molar-refractivity contribution < 1.29 is 9.59 Å². The van der Waals surface area contributed by atoms with E-state index >= 15 is 0 Å². The number of benzene rings is 2. The van der Waals surface area contributed by atoms with E-state index in [1.165, 1.54) is 4.90 Å². The fourth-order valence-corrected chi connectivity index (χ4v) is 4.12. The van der Waals surface area contributed by atoms with Crippen LogP contribution in [0.5, 0.6) is 0 Å². The van der Waals surface area contributed by atoms with Gasteiger partial charge in [0.15, 0.2) is 0 Å². The normalized spacial score (nSPS) is 17.7. The van der Waals surface area contributed by atoms with Crippen molar-refractivity contribution in [2.75, 3.05) is 36.0 Å². The molecule has 6 heteroatoms. The highest BCUT2D eigenvalue weighted by atomic mass is 35.5. The molecule has 2 aliphatic rings. The summed E-state index contributed by atoms with van der Waals surface area (Å²) in [5.74, 6) is -0.410. The fourth-order valence-electron chi connectivity index (χ4n) is 3.84. The van der Waals surface area contributed by atoms with Gasteiger partial charge in [0.25, 0.3) is 11.8 Å². The molecule has 0 bridgehead atoms. The lowest BCUT2D eigenvalue weighted by Gasteiger charge is -2.37. The molecule has 2 aromatic rings. The van der Waals surface area contributed by atoms with E-state index in [1.54, 1.807) is 0 Å². The molecule has 4 rings (SSSR count). The molecule has 0 saturated carbocycles. The Balaban J connectivity index is 1.50. The van der Waals surface area contributed by atoms with Crippen molar-refractivity contribution in [1.82, 2.24) is 4.90 Å². The van der Waals surface area contributed by atoms with Crippen LogP contribution >= 0.6 is 11.6 Å². The average Bonchev–Trinajstić information content (AvgIpc) is 2.97. The Hall–Kier alpha value is -2.79. The van der Waals surface area contributed by atoms with Crippen molar-refractivity contribution >= 4 is 34.8 Å². The smallest absolute Gasteiger partial charge is 0.283 e. The molecule has 2 heterocycles. The highest BCUT2D eigenvalue weighted by Gasteiger charge is 2.41. The third-order valence-electron chi connectivity index (χ3n) is 5.54. The lowest BCUT2D eigenvalue weighted by atomic mass is 10.0. The Morgan fingerprint density at radius 1 is 0.759 bits per heavy atom. The number of amides is 2. The van der Waals surface area contributed by atoms with Gasteiger partial charge in [0.2, 0.25) is 0 Å². The van der Waals surface area contributed by atoms with Gasteiger partial charge in [0.1, 0.15) is 10.7 Å². The summed E-state index contributed by atoms with van der Waals surface area (Å²) in [5.41, 5.74) is 3.19. The summed E-state index contributed by atoms with van der Waals surface area (Å²) in [5, 5.41) is 0.0103. The molecule has 0 radical (unpaired) electrons. The number of carbonyl (C=O) groups excluding carboxylic acids is 2. The van der Waals surface area contributed by atoms with E-state index in [4.69, 9.17) is 11.6 Å². The van der Waals surface area contributed by atoms with E-state index in [1.807, 2.05) is 47.4 Å². The van der Waals surface area contributed by atoms with Crippen molar-refractivity contribution in [1.29, 1.82) is 0 Å². The Bertz CT molecular complexity index is 946. The van der Waals surface area contributed by atoms with Crippen LogP contribution in [0, 0.1) is 0 Å². The first-order valence-corrected chi connectivity index (χ1v) is 10.3. The van der Waals surface area contributed by atoms with Crippen LogP contribution in [0.2, 0.25) is 0 Å². The van der Waals surface area contributed by atoms with Gasteiger partial charge in [-0.05, 0) is 35.7 Å².